The molecule has 19 heavy (non-hydrogen) atoms. The third-order valence-corrected chi connectivity index (χ3v) is 4.47. The number of halogens is 2. The molecule has 2 atom stereocenters. The Balaban J connectivity index is 3.11. The normalized spacial score (nSPS) is 15.3. The minimum absolute atomic E-state index is 0.0855. The summed E-state index contributed by atoms with van der Waals surface area (Å²) < 4.78 is 48.3. The molecular weight excluding hydrogens is 274 g/mol. The quantitative estimate of drug-likeness (QED) is 0.842. The molecule has 0 aliphatic heterocycles. The molecule has 0 aliphatic rings. The molecule has 4 nitrogen and oxygen atoms in total. The zero-order valence-electron chi connectivity index (χ0n) is 10.8. The average Bonchev–Trinajstić information content (AvgIpc) is 2.37. The molecule has 0 radical (unpaired) electrons. The SMILES string of the molecule is CC(CN)C(C)Nc1ccccc1S(=O)(=O)C(F)F. The minimum Gasteiger partial charge on any atom is -0.381 e. The molecule has 0 heterocycles. The van der Waals surface area contributed by atoms with Crippen LogP contribution < -0.4 is 11.1 Å². The lowest BCUT2D eigenvalue weighted by Gasteiger charge is -2.22. The monoisotopic (exact) mass is 292 g/mol. The van der Waals surface area contributed by atoms with Gasteiger partial charge in [-0.05, 0) is 31.5 Å². The van der Waals surface area contributed by atoms with E-state index < -0.39 is 15.6 Å². The third-order valence-electron chi connectivity index (χ3n) is 3.04. The zero-order chi connectivity index (χ0) is 14.6. The van der Waals surface area contributed by atoms with Crippen LogP contribution >= 0.6 is 0 Å². The highest BCUT2D eigenvalue weighted by Gasteiger charge is 2.29. The number of benzene rings is 1. The van der Waals surface area contributed by atoms with Gasteiger partial charge in [0.2, 0.25) is 9.84 Å². The summed E-state index contributed by atoms with van der Waals surface area (Å²) in [6, 6.07) is 5.52. The molecule has 1 aromatic rings. The van der Waals surface area contributed by atoms with Crippen molar-refractivity contribution in [2.45, 2.75) is 30.5 Å². The van der Waals surface area contributed by atoms with Crippen molar-refractivity contribution >= 4 is 15.5 Å². The number of anilines is 1. The zero-order valence-corrected chi connectivity index (χ0v) is 11.6. The van der Waals surface area contributed by atoms with E-state index in [0.717, 1.165) is 0 Å². The van der Waals surface area contributed by atoms with Gasteiger partial charge in [0.15, 0.2) is 0 Å². The van der Waals surface area contributed by atoms with Crippen LogP contribution in [0.15, 0.2) is 29.2 Å². The molecule has 0 spiro atoms. The van der Waals surface area contributed by atoms with Crippen molar-refractivity contribution in [2.24, 2.45) is 11.7 Å². The lowest BCUT2D eigenvalue weighted by Crippen LogP contribution is -2.30. The number of nitrogens with one attached hydrogen (secondary N) is 1. The van der Waals surface area contributed by atoms with Crippen LogP contribution in [-0.4, -0.2) is 26.8 Å². The molecule has 7 heteroatoms. The number of nitrogens with two attached hydrogens (primary N) is 1. The van der Waals surface area contributed by atoms with Crippen LogP contribution in [0.1, 0.15) is 13.8 Å². The summed E-state index contributed by atoms with van der Waals surface area (Å²) in [6.07, 6.45) is 0. The van der Waals surface area contributed by atoms with Crippen LogP contribution in [0.4, 0.5) is 14.5 Å². The summed E-state index contributed by atoms with van der Waals surface area (Å²) in [5.74, 6) is -3.35. The number of hydrogen-bond acceptors (Lipinski definition) is 4. The molecule has 0 aromatic heterocycles. The van der Waals surface area contributed by atoms with Crippen molar-refractivity contribution in [2.75, 3.05) is 11.9 Å². The lowest BCUT2D eigenvalue weighted by atomic mass is 10.0. The minimum atomic E-state index is -4.61. The van der Waals surface area contributed by atoms with Crippen molar-refractivity contribution in [3.63, 3.8) is 0 Å². The molecule has 0 fully saturated rings. The van der Waals surface area contributed by atoms with Gasteiger partial charge in [-0.25, -0.2) is 8.42 Å². The lowest BCUT2D eigenvalue weighted by molar-refractivity contribution is 0.235. The van der Waals surface area contributed by atoms with Gasteiger partial charge >= 0.3 is 5.76 Å². The van der Waals surface area contributed by atoms with E-state index in [-0.39, 0.29) is 22.5 Å². The van der Waals surface area contributed by atoms with Crippen LogP contribution in [0.2, 0.25) is 0 Å². The molecule has 0 saturated heterocycles. The Morgan fingerprint density at radius 2 is 1.84 bits per heavy atom. The van der Waals surface area contributed by atoms with Gasteiger partial charge in [0.1, 0.15) is 0 Å². The number of rotatable bonds is 6. The predicted molar refractivity (Wildman–Crippen MR) is 70.9 cm³/mol. The van der Waals surface area contributed by atoms with Crippen molar-refractivity contribution in [3.8, 4) is 0 Å². The van der Waals surface area contributed by atoms with Crippen LogP contribution in [0, 0.1) is 5.92 Å². The van der Waals surface area contributed by atoms with Gasteiger partial charge < -0.3 is 11.1 Å². The van der Waals surface area contributed by atoms with Gasteiger partial charge in [0.25, 0.3) is 0 Å². The first-order chi connectivity index (χ1) is 8.80. The molecule has 1 aromatic carbocycles. The Labute approximate surface area is 111 Å². The Morgan fingerprint density at radius 1 is 1.26 bits per heavy atom. The molecule has 0 aliphatic carbocycles. The van der Waals surface area contributed by atoms with Crippen molar-refractivity contribution in [1.29, 1.82) is 0 Å². The van der Waals surface area contributed by atoms with Gasteiger partial charge in [-0.3, -0.25) is 0 Å². The Kier molecular flexibility index (Phi) is 5.25. The highest BCUT2D eigenvalue weighted by Crippen LogP contribution is 2.27. The first-order valence-electron chi connectivity index (χ1n) is 5.88. The van der Waals surface area contributed by atoms with Crippen molar-refractivity contribution in [1.82, 2.24) is 0 Å². The number of para-hydroxylation sites is 1. The van der Waals surface area contributed by atoms with Gasteiger partial charge in [-0.1, -0.05) is 19.1 Å². The second kappa shape index (κ2) is 6.29. The maximum absolute atomic E-state index is 12.6. The summed E-state index contributed by atoms with van der Waals surface area (Å²) in [7, 11) is -4.61. The largest absolute Gasteiger partial charge is 0.381 e. The second-order valence-electron chi connectivity index (χ2n) is 4.45. The summed E-state index contributed by atoms with van der Waals surface area (Å²) >= 11 is 0. The van der Waals surface area contributed by atoms with E-state index in [1.54, 1.807) is 6.07 Å². The number of hydrogen-bond donors (Lipinski definition) is 2. The molecule has 1 rings (SSSR count). The fourth-order valence-corrected chi connectivity index (χ4v) is 2.42. The van der Waals surface area contributed by atoms with Gasteiger partial charge in [0.05, 0.1) is 10.6 Å². The van der Waals surface area contributed by atoms with Gasteiger partial charge in [-0.15, -0.1) is 0 Å². The van der Waals surface area contributed by atoms with E-state index in [1.165, 1.54) is 18.2 Å². The van der Waals surface area contributed by atoms with E-state index in [1.807, 2.05) is 13.8 Å². The van der Waals surface area contributed by atoms with E-state index in [2.05, 4.69) is 5.32 Å². The number of alkyl halides is 2. The van der Waals surface area contributed by atoms with Crippen molar-refractivity contribution in [3.05, 3.63) is 24.3 Å². The van der Waals surface area contributed by atoms with Crippen LogP contribution in [-0.2, 0) is 9.84 Å². The van der Waals surface area contributed by atoms with Crippen LogP contribution in [0.5, 0.6) is 0 Å². The summed E-state index contributed by atoms with van der Waals surface area (Å²) in [5.41, 5.74) is 5.70. The first kappa shape index (κ1) is 15.8. The molecule has 3 N–H and O–H groups in total. The first-order valence-corrected chi connectivity index (χ1v) is 7.43. The Bertz CT molecular complexity index is 520. The summed E-state index contributed by atoms with van der Waals surface area (Å²) in [4.78, 5) is -0.388. The van der Waals surface area contributed by atoms with Crippen molar-refractivity contribution < 1.29 is 17.2 Å². The van der Waals surface area contributed by atoms with Gasteiger partial charge in [-0.2, -0.15) is 8.78 Å². The van der Waals surface area contributed by atoms with Crippen LogP contribution in [0.3, 0.4) is 0 Å². The average molecular weight is 292 g/mol. The van der Waals surface area contributed by atoms with E-state index in [9.17, 15) is 17.2 Å². The fourth-order valence-electron chi connectivity index (χ4n) is 1.52. The van der Waals surface area contributed by atoms with Gasteiger partial charge in [0, 0.05) is 6.04 Å². The third kappa shape index (κ3) is 3.63. The Morgan fingerprint density at radius 3 is 2.37 bits per heavy atom. The predicted octanol–water partition coefficient (Wildman–Crippen LogP) is 2.08. The Hall–Kier alpha value is -1.21. The molecule has 0 bridgehead atoms. The fraction of sp³-hybridized carbons (Fsp3) is 0.500. The van der Waals surface area contributed by atoms with E-state index in [0.29, 0.717) is 6.54 Å². The smallest absolute Gasteiger partial charge is 0.341 e. The van der Waals surface area contributed by atoms with E-state index in [4.69, 9.17) is 5.73 Å². The molecule has 0 saturated carbocycles. The number of sulfone groups is 1. The maximum atomic E-state index is 12.6. The summed E-state index contributed by atoms with van der Waals surface area (Å²) in [5, 5.41) is 2.93. The molecule has 2 unspecified atom stereocenters. The standard InChI is InChI=1S/C12H18F2N2O2S/c1-8(7-15)9(2)16-10-5-3-4-6-11(10)19(17,18)12(13)14/h3-6,8-9,12,16H,7,15H2,1-2H3. The van der Waals surface area contributed by atoms with Crippen LogP contribution in [0.25, 0.3) is 0 Å². The maximum Gasteiger partial charge on any atom is 0.341 e. The highest BCUT2D eigenvalue weighted by molar-refractivity contribution is 7.91. The second-order valence-corrected chi connectivity index (χ2v) is 6.33. The summed E-state index contributed by atoms with van der Waals surface area (Å²) in [6.45, 7) is 4.13. The molecule has 0 amide bonds. The highest BCUT2D eigenvalue weighted by atomic mass is 32.2. The molecular formula is C12H18F2N2O2S. The topological polar surface area (TPSA) is 72.2 Å². The van der Waals surface area contributed by atoms with E-state index >= 15 is 0 Å². The molecule has 108 valence electrons.